The number of carbonyl (C=O) groups is 1. The zero-order chi connectivity index (χ0) is 5.56. The van der Waals surface area contributed by atoms with Gasteiger partial charge in [-0.2, -0.15) is 0 Å². The van der Waals surface area contributed by atoms with Gasteiger partial charge >= 0.3 is 0 Å². The van der Waals surface area contributed by atoms with Crippen molar-refractivity contribution in [3.63, 3.8) is 0 Å². The van der Waals surface area contributed by atoms with Crippen molar-refractivity contribution in [3.05, 3.63) is 0 Å². The van der Waals surface area contributed by atoms with Gasteiger partial charge in [0, 0.05) is 12.8 Å². The Balaban J connectivity index is 2.10. The van der Waals surface area contributed by atoms with E-state index in [4.69, 9.17) is 0 Å². The van der Waals surface area contributed by atoms with Crippen LogP contribution < -0.4 is 0 Å². The van der Waals surface area contributed by atoms with Crippen molar-refractivity contribution >= 4 is 5.78 Å². The van der Waals surface area contributed by atoms with Crippen molar-refractivity contribution in [1.29, 1.82) is 0 Å². The molecule has 0 bridgehead atoms. The molecule has 0 aliphatic heterocycles. The smallest absolute Gasteiger partial charge is 0.133 e. The van der Waals surface area contributed by atoms with E-state index < -0.39 is 0 Å². The second-order valence-electron chi connectivity index (χ2n) is 3.04. The first-order chi connectivity index (χ1) is 3.86. The topological polar surface area (TPSA) is 17.1 Å². The van der Waals surface area contributed by atoms with Gasteiger partial charge in [-0.3, -0.25) is 4.79 Å². The van der Waals surface area contributed by atoms with E-state index in [0.717, 1.165) is 24.7 Å². The Bertz CT molecular complexity index is 114. The molecule has 2 rings (SSSR count). The summed E-state index contributed by atoms with van der Waals surface area (Å²) in [5.74, 6) is 2.16. The minimum absolute atomic E-state index is 0.512. The van der Waals surface area contributed by atoms with Crippen molar-refractivity contribution in [2.24, 2.45) is 11.8 Å². The molecule has 0 aromatic carbocycles. The Labute approximate surface area is 49.1 Å². The molecule has 2 saturated carbocycles. The summed E-state index contributed by atoms with van der Waals surface area (Å²) in [6.07, 6.45) is 4.47. The van der Waals surface area contributed by atoms with Gasteiger partial charge in [-0.25, -0.2) is 0 Å². The van der Waals surface area contributed by atoms with Crippen LogP contribution in [0.5, 0.6) is 0 Å². The SMILES string of the molecule is O=C1CC2CCC2C1. The molecule has 0 spiro atoms. The van der Waals surface area contributed by atoms with Gasteiger partial charge in [-0.05, 0) is 24.7 Å². The molecule has 2 fully saturated rings. The van der Waals surface area contributed by atoms with Crippen molar-refractivity contribution < 1.29 is 4.79 Å². The number of carbonyl (C=O) groups excluding carboxylic acids is 1. The van der Waals surface area contributed by atoms with Crippen molar-refractivity contribution in [2.75, 3.05) is 0 Å². The summed E-state index contributed by atoms with van der Waals surface area (Å²) in [5.41, 5.74) is 0. The van der Waals surface area contributed by atoms with E-state index in [1.165, 1.54) is 12.8 Å². The average Bonchev–Trinajstić information content (AvgIpc) is 1.91. The second-order valence-corrected chi connectivity index (χ2v) is 3.04. The fraction of sp³-hybridized carbons (Fsp3) is 0.857. The van der Waals surface area contributed by atoms with Gasteiger partial charge in [0.2, 0.25) is 0 Å². The maximum absolute atomic E-state index is 10.7. The minimum atomic E-state index is 0.512. The molecule has 8 heavy (non-hydrogen) atoms. The van der Waals surface area contributed by atoms with Crippen molar-refractivity contribution in [1.82, 2.24) is 0 Å². The van der Waals surface area contributed by atoms with Crippen LogP contribution in [0.3, 0.4) is 0 Å². The molecule has 0 amide bonds. The lowest BCUT2D eigenvalue weighted by atomic mass is 9.77. The summed E-state index contributed by atoms with van der Waals surface area (Å²) >= 11 is 0. The number of ketones is 1. The van der Waals surface area contributed by atoms with Crippen LogP contribution in [0.1, 0.15) is 25.7 Å². The first kappa shape index (κ1) is 4.54. The van der Waals surface area contributed by atoms with E-state index >= 15 is 0 Å². The average molecular weight is 110 g/mol. The van der Waals surface area contributed by atoms with Gasteiger partial charge in [0.05, 0.1) is 0 Å². The summed E-state index contributed by atoms with van der Waals surface area (Å²) < 4.78 is 0. The Morgan fingerprint density at radius 2 is 1.62 bits per heavy atom. The summed E-state index contributed by atoms with van der Waals surface area (Å²) in [5, 5.41) is 0. The summed E-state index contributed by atoms with van der Waals surface area (Å²) in [4.78, 5) is 10.7. The number of rotatable bonds is 0. The fourth-order valence-electron chi connectivity index (χ4n) is 1.84. The molecule has 1 nitrogen and oxygen atoms in total. The van der Waals surface area contributed by atoms with Gasteiger partial charge in [0.1, 0.15) is 5.78 Å². The molecule has 2 aliphatic carbocycles. The maximum Gasteiger partial charge on any atom is 0.133 e. The summed E-state index contributed by atoms with van der Waals surface area (Å²) in [6.45, 7) is 0. The van der Waals surface area contributed by atoms with Crippen LogP contribution in [-0.4, -0.2) is 5.78 Å². The molecule has 0 aromatic rings. The molecule has 2 atom stereocenters. The first-order valence-electron chi connectivity index (χ1n) is 3.38. The lowest BCUT2D eigenvalue weighted by molar-refractivity contribution is -0.117. The molecular weight excluding hydrogens is 100 g/mol. The normalized spacial score (nSPS) is 43.8. The standard InChI is InChI=1S/C7H10O/c8-7-3-5-1-2-6(5)4-7/h5-6H,1-4H2. The van der Waals surface area contributed by atoms with E-state index in [2.05, 4.69) is 0 Å². The number of hydrogen-bond donors (Lipinski definition) is 0. The highest BCUT2D eigenvalue weighted by atomic mass is 16.1. The third kappa shape index (κ3) is 0.445. The second kappa shape index (κ2) is 1.34. The number of fused-ring (bicyclic) bond motifs is 1. The van der Waals surface area contributed by atoms with E-state index in [0.29, 0.717) is 5.78 Å². The lowest BCUT2D eigenvalue weighted by Crippen LogP contribution is -2.18. The molecular formula is C7H10O. The highest BCUT2D eigenvalue weighted by molar-refractivity contribution is 5.81. The third-order valence-electron chi connectivity index (χ3n) is 2.55. The van der Waals surface area contributed by atoms with E-state index in [9.17, 15) is 4.79 Å². The maximum atomic E-state index is 10.7. The minimum Gasteiger partial charge on any atom is -0.300 e. The summed E-state index contributed by atoms with van der Waals surface area (Å²) in [6, 6.07) is 0. The van der Waals surface area contributed by atoms with Crippen LogP contribution in [0.15, 0.2) is 0 Å². The Morgan fingerprint density at radius 1 is 1.12 bits per heavy atom. The highest BCUT2D eigenvalue weighted by Gasteiger charge is 2.38. The van der Waals surface area contributed by atoms with Gasteiger partial charge < -0.3 is 0 Å². The van der Waals surface area contributed by atoms with E-state index in [-0.39, 0.29) is 0 Å². The van der Waals surface area contributed by atoms with Gasteiger partial charge in [0.15, 0.2) is 0 Å². The molecule has 2 unspecified atom stereocenters. The monoisotopic (exact) mass is 110 g/mol. The zero-order valence-corrected chi connectivity index (χ0v) is 4.89. The van der Waals surface area contributed by atoms with E-state index in [1.54, 1.807) is 0 Å². The molecule has 1 heteroatoms. The Kier molecular flexibility index (Phi) is 0.758. The van der Waals surface area contributed by atoms with Crippen molar-refractivity contribution in [3.8, 4) is 0 Å². The Morgan fingerprint density at radius 3 is 1.88 bits per heavy atom. The lowest BCUT2D eigenvalue weighted by Gasteiger charge is -2.28. The zero-order valence-electron chi connectivity index (χ0n) is 4.89. The van der Waals surface area contributed by atoms with Gasteiger partial charge in [-0.15, -0.1) is 0 Å². The van der Waals surface area contributed by atoms with E-state index in [1.807, 2.05) is 0 Å². The predicted octanol–water partition coefficient (Wildman–Crippen LogP) is 1.38. The van der Waals surface area contributed by atoms with Crippen LogP contribution in [-0.2, 0) is 4.79 Å². The largest absolute Gasteiger partial charge is 0.300 e. The van der Waals surface area contributed by atoms with Crippen LogP contribution in [0.2, 0.25) is 0 Å². The molecule has 44 valence electrons. The Hall–Kier alpha value is -0.330. The quantitative estimate of drug-likeness (QED) is 0.460. The first-order valence-corrected chi connectivity index (χ1v) is 3.38. The number of Topliss-reactive ketones (excluding diaryl/α,β-unsaturated/α-hetero) is 1. The van der Waals surface area contributed by atoms with Gasteiger partial charge in [-0.1, -0.05) is 0 Å². The third-order valence-corrected chi connectivity index (χ3v) is 2.55. The fourth-order valence-corrected chi connectivity index (χ4v) is 1.84. The van der Waals surface area contributed by atoms with Gasteiger partial charge in [0.25, 0.3) is 0 Å². The van der Waals surface area contributed by atoms with Crippen LogP contribution >= 0.6 is 0 Å². The molecule has 0 N–H and O–H groups in total. The molecule has 0 radical (unpaired) electrons. The number of hydrogen-bond acceptors (Lipinski definition) is 1. The molecule has 0 saturated heterocycles. The highest BCUT2D eigenvalue weighted by Crippen LogP contribution is 2.44. The van der Waals surface area contributed by atoms with Crippen LogP contribution in [0, 0.1) is 11.8 Å². The molecule has 2 aliphatic rings. The molecule has 0 aromatic heterocycles. The van der Waals surface area contributed by atoms with Crippen LogP contribution in [0.25, 0.3) is 0 Å². The predicted molar refractivity (Wildman–Crippen MR) is 30.5 cm³/mol. The van der Waals surface area contributed by atoms with Crippen molar-refractivity contribution in [2.45, 2.75) is 25.7 Å². The molecule has 0 heterocycles. The van der Waals surface area contributed by atoms with Crippen LogP contribution in [0.4, 0.5) is 0 Å². The summed E-state index contributed by atoms with van der Waals surface area (Å²) in [7, 11) is 0.